The Morgan fingerprint density at radius 1 is 1.31 bits per heavy atom. The molecule has 3 heterocycles. The van der Waals surface area contributed by atoms with Gasteiger partial charge in [0.2, 0.25) is 0 Å². The minimum atomic E-state index is -0.843. The molecule has 2 spiro atoms. The van der Waals surface area contributed by atoms with Crippen LogP contribution in [0.1, 0.15) is 39.0 Å². The summed E-state index contributed by atoms with van der Waals surface area (Å²) in [6.07, 6.45) is 5.13. The van der Waals surface area contributed by atoms with Crippen LogP contribution in [0.15, 0.2) is 22.8 Å². The summed E-state index contributed by atoms with van der Waals surface area (Å²) in [6.45, 7) is 2.66. The maximum absolute atomic E-state index is 13.3. The van der Waals surface area contributed by atoms with Crippen molar-refractivity contribution in [1.82, 2.24) is 0 Å². The van der Waals surface area contributed by atoms with Gasteiger partial charge in [-0.1, -0.05) is 6.92 Å². The van der Waals surface area contributed by atoms with Crippen LogP contribution in [0.2, 0.25) is 0 Å². The van der Waals surface area contributed by atoms with Crippen molar-refractivity contribution in [2.75, 3.05) is 13.2 Å². The van der Waals surface area contributed by atoms with Crippen LogP contribution in [0.4, 0.5) is 0 Å². The van der Waals surface area contributed by atoms with Gasteiger partial charge in [-0.3, -0.25) is 4.79 Å². The Labute approximate surface area is 151 Å². The molecule has 6 nitrogen and oxygen atoms in total. The molecule has 0 aromatic heterocycles. The maximum atomic E-state index is 13.3. The number of ether oxygens (including phenoxy) is 3. The van der Waals surface area contributed by atoms with Crippen LogP contribution >= 0.6 is 0 Å². The van der Waals surface area contributed by atoms with E-state index in [-0.39, 0.29) is 41.9 Å². The zero-order chi connectivity index (χ0) is 17.9. The first-order chi connectivity index (χ1) is 12.5. The van der Waals surface area contributed by atoms with Gasteiger partial charge in [-0.25, -0.2) is 4.79 Å². The second-order valence-corrected chi connectivity index (χ2v) is 8.75. The summed E-state index contributed by atoms with van der Waals surface area (Å²) in [7, 11) is 0. The van der Waals surface area contributed by atoms with Crippen LogP contribution in [-0.4, -0.2) is 53.5 Å². The predicted molar refractivity (Wildman–Crippen MR) is 88.1 cm³/mol. The van der Waals surface area contributed by atoms with Gasteiger partial charge in [0.05, 0.1) is 6.10 Å². The Balaban J connectivity index is 1.45. The molecular weight excluding hydrogens is 336 g/mol. The van der Waals surface area contributed by atoms with Crippen LogP contribution in [-0.2, 0) is 23.8 Å². The fourth-order valence-electron chi connectivity index (χ4n) is 6.59. The lowest BCUT2D eigenvalue weighted by atomic mass is 9.48. The van der Waals surface area contributed by atoms with E-state index in [4.69, 9.17) is 19.3 Å². The van der Waals surface area contributed by atoms with Gasteiger partial charge in [0.15, 0.2) is 11.4 Å². The van der Waals surface area contributed by atoms with Gasteiger partial charge in [-0.2, -0.15) is 0 Å². The number of carbonyl (C=O) groups excluding carboxylic acids is 2. The average Bonchev–Trinajstić information content (AvgIpc) is 3.50. The first-order valence-electron chi connectivity index (χ1n) is 9.60. The fraction of sp³-hybridized carbons (Fsp3) is 0.700. The molecule has 1 N–H and O–H groups in total. The van der Waals surface area contributed by atoms with Gasteiger partial charge < -0.3 is 19.3 Å². The number of esters is 1. The Morgan fingerprint density at radius 3 is 2.96 bits per heavy atom. The SMILES string of the molecule is C[C@]12CCC3=C(COC3=O)[C@@H]1C[C@@H]1O[C@@]13C(=O)C(CCCO)=C[C@@H]1O[C@]123. The predicted octanol–water partition coefficient (Wildman–Crippen LogP) is 1.22. The number of epoxide rings is 2. The Kier molecular flexibility index (Phi) is 2.68. The second kappa shape index (κ2) is 4.49. The van der Waals surface area contributed by atoms with Gasteiger partial charge in [-0.15, -0.1) is 0 Å². The van der Waals surface area contributed by atoms with E-state index >= 15 is 0 Å². The summed E-state index contributed by atoms with van der Waals surface area (Å²) in [6, 6.07) is 0. The number of hydrogen-bond donors (Lipinski definition) is 1. The smallest absolute Gasteiger partial charge is 0.334 e. The summed E-state index contributed by atoms with van der Waals surface area (Å²) in [5.74, 6) is 0.0543. The molecule has 1 saturated carbocycles. The van der Waals surface area contributed by atoms with Gasteiger partial charge in [-0.05, 0) is 55.2 Å². The molecule has 6 aliphatic rings. The van der Waals surface area contributed by atoms with Crippen molar-refractivity contribution in [3.63, 3.8) is 0 Å². The molecule has 6 rings (SSSR count). The molecule has 3 aliphatic heterocycles. The molecule has 3 fully saturated rings. The largest absolute Gasteiger partial charge is 0.458 e. The summed E-state index contributed by atoms with van der Waals surface area (Å²) < 4.78 is 17.8. The third-order valence-electron chi connectivity index (χ3n) is 7.89. The van der Waals surface area contributed by atoms with Crippen LogP contribution in [0.3, 0.4) is 0 Å². The number of cyclic esters (lactones) is 1. The lowest BCUT2D eigenvalue weighted by Gasteiger charge is -2.51. The molecular formula is C20H22O6. The van der Waals surface area contributed by atoms with Gasteiger partial charge in [0, 0.05) is 17.6 Å². The number of carbonyl (C=O) groups is 2. The highest BCUT2D eigenvalue weighted by Crippen LogP contribution is 2.77. The van der Waals surface area contributed by atoms with Crippen LogP contribution in [0, 0.1) is 11.3 Å². The minimum absolute atomic E-state index is 0.0582. The van der Waals surface area contributed by atoms with E-state index in [1.807, 2.05) is 6.08 Å². The minimum Gasteiger partial charge on any atom is -0.458 e. The molecule has 0 radical (unpaired) electrons. The molecule has 0 amide bonds. The van der Waals surface area contributed by atoms with Crippen molar-refractivity contribution in [2.45, 2.75) is 62.4 Å². The molecule has 0 bridgehead atoms. The van der Waals surface area contributed by atoms with Crippen molar-refractivity contribution in [2.24, 2.45) is 11.3 Å². The number of rotatable bonds is 3. The topological polar surface area (TPSA) is 88.7 Å². The van der Waals surface area contributed by atoms with E-state index in [0.29, 0.717) is 25.9 Å². The standard InChI is InChI=1S/C20H22O6/c1-18-5-4-11-12(9-24-17(11)23)13(18)8-14-19(25-14)16(22)10(3-2-6-21)7-15-20(18,19)26-15/h7,13-15,21H,2-6,8-9H2,1H3/t13-,14-,15-,18-,19+,20+/m0/s1. The summed E-state index contributed by atoms with van der Waals surface area (Å²) in [5.41, 5.74) is 1.03. The van der Waals surface area contributed by atoms with Crippen molar-refractivity contribution < 1.29 is 28.9 Å². The number of fused-ring (bicyclic) bond motifs is 2. The first-order valence-corrected chi connectivity index (χ1v) is 9.60. The zero-order valence-electron chi connectivity index (χ0n) is 14.7. The number of Topliss-reactive ketones (excluding diaryl/α,β-unsaturated/α-hetero) is 1. The molecule has 26 heavy (non-hydrogen) atoms. The number of aliphatic hydroxyl groups is 1. The Morgan fingerprint density at radius 2 is 2.15 bits per heavy atom. The normalized spacial score (nSPS) is 50.1. The van der Waals surface area contributed by atoms with E-state index in [1.165, 1.54) is 0 Å². The molecule has 6 atom stereocenters. The summed E-state index contributed by atoms with van der Waals surface area (Å²) in [4.78, 5) is 25.3. The van der Waals surface area contributed by atoms with Crippen LogP contribution in [0.25, 0.3) is 0 Å². The van der Waals surface area contributed by atoms with E-state index in [9.17, 15) is 9.59 Å². The number of ketones is 1. The lowest BCUT2D eigenvalue weighted by Crippen LogP contribution is -2.63. The molecule has 138 valence electrons. The van der Waals surface area contributed by atoms with E-state index in [2.05, 4.69) is 6.92 Å². The van der Waals surface area contributed by atoms with E-state index < -0.39 is 11.2 Å². The molecule has 0 aromatic carbocycles. The summed E-state index contributed by atoms with van der Waals surface area (Å²) >= 11 is 0. The zero-order valence-corrected chi connectivity index (χ0v) is 14.7. The van der Waals surface area contributed by atoms with Crippen LogP contribution < -0.4 is 0 Å². The highest BCUT2D eigenvalue weighted by molar-refractivity contribution is 6.08. The van der Waals surface area contributed by atoms with Gasteiger partial charge >= 0.3 is 5.97 Å². The molecule has 0 aromatic rings. The number of aliphatic hydroxyl groups excluding tert-OH is 1. The van der Waals surface area contributed by atoms with Gasteiger partial charge in [0.1, 0.15) is 18.3 Å². The van der Waals surface area contributed by atoms with Crippen molar-refractivity contribution in [1.29, 1.82) is 0 Å². The second-order valence-electron chi connectivity index (χ2n) is 8.75. The fourth-order valence-corrected chi connectivity index (χ4v) is 6.59. The molecule has 2 saturated heterocycles. The Hall–Kier alpha value is -1.50. The first kappa shape index (κ1) is 15.5. The average molecular weight is 358 g/mol. The van der Waals surface area contributed by atoms with Gasteiger partial charge in [0.25, 0.3) is 0 Å². The summed E-state index contributed by atoms with van der Waals surface area (Å²) in [5, 5.41) is 9.12. The van der Waals surface area contributed by atoms with E-state index in [0.717, 1.165) is 29.6 Å². The quantitative estimate of drug-likeness (QED) is 0.603. The third kappa shape index (κ3) is 1.42. The van der Waals surface area contributed by atoms with Crippen molar-refractivity contribution in [3.8, 4) is 0 Å². The number of hydrogen-bond acceptors (Lipinski definition) is 6. The highest BCUT2D eigenvalue weighted by Gasteiger charge is 2.92. The maximum Gasteiger partial charge on any atom is 0.334 e. The van der Waals surface area contributed by atoms with Crippen molar-refractivity contribution >= 4 is 11.8 Å². The molecule has 0 unspecified atom stereocenters. The molecule has 6 heteroatoms. The third-order valence-corrected chi connectivity index (χ3v) is 7.89. The van der Waals surface area contributed by atoms with Crippen molar-refractivity contribution in [3.05, 3.63) is 22.8 Å². The Bertz CT molecular complexity index is 826. The lowest BCUT2D eigenvalue weighted by molar-refractivity contribution is -0.136. The highest BCUT2D eigenvalue weighted by atomic mass is 16.7. The van der Waals surface area contributed by atoms with Crippen LogP contribution in [0.5, 0.6) is 0 Å². The van der Waals surface area contributed by atoms with E-state index in [1.54, 1.807) is 0 Å². The molecule has 3 aliphatic carbocycles. The monoisotopic (exact) mass is 358 g/mol.